The molecule has 228 valence electrons. The zero-order chi connectivity index (χ0) is 29.0. The molecular weight excluding hydrogens is 494 g/mol. The lowest BCUT2D eigenvalue weighted by Gasteiger charge is -2.39. The summed E-state index contributed by atoms with van der Waals surface area (Å²) in [5.41, 5.74) is 0. The van der Waals surface area contributed by atoms with Crippen molar-refractivity contribution in [1.29, 1.82) is 0 Å². The van der Waals surface area contributed by atoms with Gasteiger partial charge in [0, 0.05) is 18.8 Å². The number of allylic oxidation sites excluding steroid dienone is 2. The van der Waals surface area contributed by atoms with E-state index in [1.54, 1.807) is 0 Å². The Morgan fingerprint density at radius 3 is 1.31 bits per heavy atom. The molecule has 0 rings (SSSR count). The summed E-state index contributed by atoms with van der Waals surface area (Å²) in [5, 5.41) is 28.9. The number of nitrogens with zero attached hydrogens (tertiary/aromatic N) is 1. The first-order valence-electron chi connectivity index (χ1n) is 15.9. The summed E-state index contributed by atoms with van der Waals surface area (Å²) < 4.78 is 0.828. The highest BCUT2D eigenvalue weighted by molar-refractivity contribution is 5.66. The third-order valence-corrected chi connectivity index (χ3v) is 7.70. The zero-order valence-electron chi connectivity index (χ0n) is 25.0. The first-order chi connectivity index (χ1) is 18.8. The van der Waals surface area contributed by atoms with Crippen LogP contribution in [0.2, 0.25) is 0 Å². The number of carboxylic acids is 3. The van der Waals surface area contributed by atoms with Crippen LogP contribution in [0.25, 0.3) is 0 Å². The molecule has 0 aromatic rings. The van der Waals surface area contributed by atoms with Gasteiger partial charge in [-0.15, -0.1) is 0 Å². The van der Waals surface area contributed by atoms with Crippen LogP contribution in [0.5, 0.6) is 0 Å². The van der Waals surface area contributed by atoms with Crippen molar-refractivity contribution >= 4 is 17.9 Å². The maximum atomic E-state index is 11.0. The van der Waals surface area contributed by atoms with Crippen molar-refractivity contribution in [3.8, 4) is 0 Å². The fraction of sp³-hybridized carbons (Fsp3) is 0.844. The van der Waals surface area contributed by atoms with Crippen LogP contribution in [-0.4, -0.2) is 58.8 Å². The van der Waals surface area contributed by atoms with Crippen molar-refractivity contribution in [2.45, 2.75) is 148 Å². The first kappa shape index (κ1) is 37.1. The van der Waals surface area contributed by atoms with E-state index >= 15 is 0 Å². The summed E-state index contributed by atoms with van der Waals surface area (Å²) in [4.78, 5) is 32.8. The first-order valence-corrected chi connectivity index (χ1v) is 15.9. The third-order valence-electron chi connectivity index (χ3n) is 7.70. The molecule has 0 aliphatic rings. The summed E-state index contributed by atoms with van der Waals surface area (Å²) in [6, 6.07) is 0. The van der Waals surface area contributed by atoms with E-state index in [-0.39, 0.29) is 19.3 Å². The lowest BCUT2D eigenvalue weighted by Crippen LogP contribution is -2.51. The highest BCUT2D eigenvalue weighted by Crippen LogP contribution is 2.19. The van der Waals surface area contributed by atoms with E-state index in [9.17, 15) is 19.5 Å². The molecule has 7 nitrogen and oxygen atoms in total. The van der Waals surface area contributed by atoms with Crippen LogP contribution >= 0.6 is 0 Å². The van der Waals surface area contributed by atoms with E-state index in [2.05, 4.69) is 19.1 Å². The van der Waals surface area contributed by atoms with Crippen LogP contribution in [0.15, 0.2) is 12.2 Å². The van der Waals surface area contributed by atoms with Crippen LogP contribution in [0, 0.1) is 0 Å². The van der Waals surface area contributed by atoms with Crippen molar-refractivity contribution in [3.63, 3.8) is 0 Å². The van der Waals surface area contributed by atoms with E-state index < -0.39 is 17.9 Å². The van der Waals surface area contributed by atoms with Gasteiger partial charge in [-0.2, -0.15) is 0 Å². The van der Waals surface area contributed by atoms with Gasteiger partial charge in [0.05, 0.1) is 26.2 Å². The van der Waals surface area contributed by atoms with E-state index in [0.717, 1.165) is 75.6 Å². The Balaban J connectivity index is 4.55. The average Bonchev–Trinajstić information content (AvgIpc) is 2.89. The van der Waals surface area contributed by atoms with Crippen LogP contribution in [0.1, 0.15) is 148 Å². The normalized spacial score (nSPS) is 11.8. The predicted octanol–water partition coefficient (Wildman–Crippen LogP) is 6.88. The maximum absolute atomic E-state index is 11.0. The van der Waals surface area contributed by atoms with Gasteiger partial charge in [-0.05, 0) is 77.0 Å². The molecule has 7 heteroatoms. The van der Waals surface area contributed by atoms with Gasteiger partial charge in [0.1, 0.15) is 0 Å². The Morgan fingerprint density at radius 2 is 0.897 bits per heavy atom. The summed E-state index contributed by atoms with van der Waals surface area (Å²) in [5.74, 6) is -2.58. The smallest absolute Gasteiger partial charge is 0.303 e. The Bertz CT molecular complexity index is 594. The topological polar surface area (TPSA) is 115 Å². The molecule has 0 radical (unpaired) electrons. The molecule has 0 saturated carbocycles. The molecule has 0 bridgehead atoms. The predicted molar refractivity (Wildman–Crippen MR) is 156 cm³/mol. The molecule has 2 N–H and O–H groups in total. The molecule has 0 fully saturated rings. The number of rotatable bonds is 30. The van der Waals surface area contributed by atoms with Gasteiger partial charge in [0.15, 0.2) is 0 Å². The van der Waals surface area contributed by atoms with Crippen molar-refractivity contribution in [2.75, 3.05) is 26.2 Å². The largest absolute Gasteiger partial charge is 0.550 e. The van der Waals surface area contributed by atoms with Crippen molar-refractivity contribution in [3.05, 3.63) is 12.2 Å². The van der Waals surface area contributed by atoms with Gasteiger partial charge in [0.25, 0.3) is 0 Å². The van der Waals surface area contributed by atoms with Gasteiger partial charge in [-0.3, -0.25) is 9.59 Å². The maximum Gasteiger partial charge on any atom is 0.303 e. The van der Waals surface area contributed by atoms with Gasteiger partial charge in [-0.25, -0.2) is 0 Å². The van der Waals surface area contributed by atoms with Crippen molar-refractivity contribution in [1.82, 2.24) is 0 Å². The Morgan fingerprint density at radius 1 is 0.538 bits per heavy atom. The van der Waals surface area contributed by atoms with Gasteiger partial charge in [0.2, 0.25) is 0 Å². The number of hydrogen-bond donors (Lipinski definition) is 2. The van der Waals surface area contributed by atoms with E-state index in [1.807, 2.05) is 0 Å². The fourth-order valence-electron chi connectivity index (χ4n) is 5.35. The number of quaternary nitrogens is 1. The lowest BCUT2D eigenvalue weighted by atomic mass is 10.1. The van der Waals surface area contributed by atoms with Crippen LogP contribution < -0.4 is 5.11 Å². The fourth-order valence-corrected chi connectivity index (χ4v) is 5.35. The quantitative estimate of drug-likeness (QED) is 0.0569. The molecule has 0 amide bonds. The molecular formula is C32H59NO6. The van der Waals surface area contributed by atoms with Crippen LogP contribution in [0.3, 0.4) is 0 Å². The Hall–Kier alpha value is -1.89. The molecule has 39 heavy (non-hydrogen) atoms. The van der Waals surface area contributed by atoms with E-state index in [0.29, 0.717) is 19.3 Å². The summed E-state index contributed by atoms with van der Waals surface area (Å²) in [7, 11) is 0. The summed E-state index contributed by atoms with van der Waals surface area (Å²) in [6.07, 6.45) is 25.7. The number of hydrogen-bond acceptors (Lipinski definition) is 4. The van der Waals surface area contributed by atoms with Crippen LogP contribution in [-0.2, 0) is 14.4 Å². The third kappa shape index (κ3) is 26.1. The SMILES string of the molecule is CCCCCCCCCCC/C=C/CCCC[N+](CCCCC(=O)[O-])(CCCCC(=O)O)CCCCC(=O)O. The molecule has 0 heterocycles. The number of aliphatic carboxylic acids is 3. The number of carbonyl (C=O) groups is 3. The minimum Gasteiger partial charge on any atom is -0.550 e. The van der Waals surface area contributed by atoms with Gasteiger partial charge >= 0.3 is 11.9 Å². The molecule has 0 atom stereocenters. The lowest BCUT2D eigenvalue weighted by molar-refractivity contribution is -0.929. The second kappa shape index (κ2) is 26.3. The Kier molecular flexibility index (Phi) is 25.1. The standard InChI is InChI=1S/C32H59NO6/c1-2-3-4-5-6-7-8-9-10-11-12-13-14-15-19-26-33(27-20-16-23-30(34)35,28-21-17-24-31(36)37)29-22-18-25-32(38)39/h12-13H,2-11,14-29H2,1H3,(H2-,34,35,36,37,38,39)/b13-12+. The molecule has 0 saturated heterocycles. The molecule has 0 aromatic heterocycles. The molecule has 0 spiro atoms. The minimum absolute atomic E-state index is 0.0573. The van der Waals surface area contributed by atoms with Gasteiger partial charge < -0.3 is 24.6 Å². The number of carboxylic acid groups (broad SMARTS) is 3. The molecule has 0 unspecified atom stereocenters. The number of unbranched alkanes of at least 4 members (excludes halogenated alkanes) is 14. The number of carbonyl (C=O) groups excluding carboxylic acids is 1. The van der Waals surface area contributed by atoms with E-state index in [4.69, 9.17) is 10.2 Å². The second-order valence-corrected chi connectivity index (χ2v) is 11.4. The average molecular weight is 554 g/mol. The minimum atomic E-state index is -1.02. The van der Waals surface area contributed by atoms with Gasteiger partial charge in [-0.1, -0.05) is 70.4 Å². The molecule has 0 aromatic carbocycles. The summed E-state index contributed by atoms with van der Waals surface area (Å²) in [6.45, 7) is 5.80. The van der Waals surface area contributed by atoms with E-state index in [1.165, 1.54) is 57.8 Å². The van der Waals surface area contributed by atoms with Crippen molar-refractivity contribution < 1.29 is 34.2 Å². The summed E-state index contributed by atoms with van der Waals surface area (Å²) >= 11 is 0. The van der Waals surface area contributed by atoms with Crippen molar-refractivity contribution in [2.24, 2.45) is 0 Å². The zero-order valence-corrected chi connectivity index (χ0v) is 25.0. The highest BCUT2D eigenvalue weighted by Gasteiger charge is 2.26. The monoisotopic (exact) mass is 553 g/mol. The van der Waals surface area contributed by atoms with Crippen LogP contribution in [0.4, 0.5) is 0 Å². The Labute approximate surface area is 238 Å². The highest BCUT2D eigenvalue weighted by atomic mass is 16.4. The molecule has 0 aliphatic carbocycles. The second-order valence-electron chi connectivity index (χ2n) is 11.4. The molecule has 0 aliphatic heterocycles.